The van der Waals surface area contributed by atoms with E-state index in [1.54, 1.807) is 42.6 Å². The van der Waals surface area contributed by atoms with E-state index in [0.717, 1.165) is 6.42 Å². The first kappa shape index (κ1) is 22.5. The molecule has 0 saturated heterocycles. The molecular weight excluding hydrogens is 396 g/mol. The van der Waals surface area contributed by atoms with Gasteiger partial charge in [0.15, 0.2) is 11.5 Å². The number of methoxy groups -OCH3 is 2. The number of amides is 2. The number of fused-ring (bicyclic) bond motifs is 1. The smallest absolute Gasteiger partial charge is 0.265 e. The van der Waals surface area contributed by atoms with Crippen molar-refractivity contribution in [3.63, 3.8) is 0 Å². The van der Waals surface area contributed by atoms with Gasteiger partial charge < -0.3 is 14.2 Å². The van der Waals surface area contributed by atoms with Crippen molar-refractivity contribution >= 4 is 23.7 Å². The van der Waals surface area contributed by atoms with E-state index in [1.807, 2.05) is 19.9 Å². The molecule has 0 saturated carbocycles. The summed E-state index contributed by atoms with van der Waals surface area (Å²) in [5.74, 6) is -0.408. The Morgan fingerprint density at radius 3 is 2.52 bits per heavy atom. The van der Waals surface area contributed by atoms with Crippen LogP contribution in [-0.2, 0) is 9.53 Å². The zero-order chi connectivity index (χ0) is 22.4. The fourth-order valence-electron chi connectivity index (χ4n) is 3.46. The molecule has 0 fully saturated rings. The third-order valence-electron chi connectivity index (χ3n) is 4.98. The van der Waals surface area contributed by atoms with Gasteiger partial charge in [0.05, 0.1) is 31.9 Å². The van der Waals surface area contributed by atoms with Crippen LogP contribution in [0.2, 0.25) is 0 Å². The number of hydrogen-bond donors (Lipinski definition) is 0. The number of imide groups is 1. The van der Waals surface area contributed by atoms with Gasteiger partial charge in [0.1, 0.15) is 0 Å². The van der Waals surface area contributed by atoms with Gasteiger partial charge in [-0.25, -0.2) is 4.90 Å². The minimum atomic E-state index is -0.645. The highest BCUT2D eigenvalue weighted by atomic mass is 16.5. The lowest BCUT2D eigenvalue weighted by atomic mass is 9.89. The fraction of sp³-hybridized carbons (Fsp3) is 0.375. The molecule has 0 aromatic heterocycles. The quantitative estimate of drug-likeness (QED) is 0.347. The van der Waals surface area contributed by atoms with E-state index in [0.29, 0.717) is 41.5 Å². The summed E-state index contributed by atoms with van der Waals surface area (Å²) in [7, 11) is 3.04. The summed E-state index contributed by atoms with van der Waals surface area (Å²) >= 11 is 0. The molecule has 1 aliphatic heterocycles. The summed E-state index contributed by atoms with van der Waals surface area (Å²) < 4.78 is 16.1. The molecule has 1 heterocycles. The molecular formula is C24H28N2O5. The number of aliphatic imine (C=N–C) groups is 1. The molecule has 164 valence electrons. The lowest BCUT2D eigenvalue weighted by molar-refractivity contribution is -0.118. The zero-order valence-corrected chi connectivity index (χ0v) is 18.3. The Labute approximate surface area is 182 Å². The Kier molecular flexibility index (Phi) is 7.41. The van der Waals surface area contributed by atoms with Crippen molar-refractivity contribution in [1.29, 1.82) is 0 Å². The van der Waals surface area contributed by atoms with Crippen LogP contribution in [0.5, 0.6) is 11.5 Å². The predicted octanol–water partition coefficient (Wildman–Crippen LogP) is 3.86. The maximum atomic E-state index is 13.4. The largest absolute Gasteiger partial charge is 0.493 e. The third kappa shape index (κ3) is 4.94. The highest BCUT2D eigenvalue weighted by molar-refractivity contribution is 6.29. The highest BCUT2D eigenvalue weighted by Crippen LogP contribution is 2.36. The lowest BCUT2D eigenvalue weighted by Crippen LogP contribution is -2.45. The molecule has 7 heteroatoms. The summed E-state index contributed by atoms with van der Waals surface area (Å²) in [5, 5.41) is 0. The van der Waals surface area contributed by atoms with Gasteiger partial charge in [-0.15, -0.1) is 0 Å². The third-order valence-corrected chi connectivity index (χ3v) is 4.98. The number of nitrogens with zero attached hydrogens (tertiary/aromatic N) is 2. The molecule has 0 N–H and O–H groups in total. The van der Waals surface area contributed by atoms with Gasteiger partial charge in [-0.05, 0) is 44.0 Å². The van der Waals surface area contributed by atoms with Crippen molar-refractivity contribution in [3.05, 3.63) is 53.6 Å². The van der Waals surface area contributed by atoms with Gasteiger partial charge >= 0.3 is 0 Å². The van der Waals surface area contributed by atoms with Crippen LogP contribution in [0.3, 0.4) is 0 Å². The summed E-state index contributed by atoms with van der Waals surface area (Å²) in [4.78, 5) is 32.2. The van der Waals surface area contributed by atoms with E-state index >= 15 is 0 Å². The minimum Gasteiger partial charge on any atom is -0.493 e. The van der Waals surface area contributed by atoms with Gasteiger partial charge in [0.25, 0.3) is 5.91 Å². The van der Waals surface area contributed by atoms with Crippen molar-refractivity contribution < 1.29 is 23.8 Å². The zero-order valence-electron chi connectivity index (χ0n) is 18.3. The van der Waals surface area contributed by atoms with E-state index in [-0.39, 0.29) is 17.9 Å². The topological polar surface area (TPSA) is 77.4 Å². The van der Waals surface area contributed by atoms with Crippen molar-refractivity contribution in [2.75, 3.05) is 32.3 Å². The molecule has 0 bridgehead atoms. The molecule has 2 aromatic rings. The normalized spacial score (nSPS) is 16.2. The predicted molar refractivity (Wildman–Crippen MR) is 120 cm³/mol. The lowest BCUT2D eigenvalue weighted by Gasteiger charge is -2.31. The maximum absolute atomic E-state index is 13.4. The van der Waals surface area contributed by atoms with Crippen LogP contribution in [0, 0.1) is 0 Å². The maximum Gasteiger partial charge on any atom is 0.265 e. The molecule has 0 aliphatic carbocycles. The molecule has 0 radical (unpaired) electrons. The number of benzene rings is 2. The second kappa shape index (κ2) is 10.2. The Balaban J connectivity index is 1.89. The summed E-state index contributed by atoms with van der Waals surface area (Å²) in [6, 6.07) is 12.1. The standard InChI is InChI=1S/C24H28N2O5/c1-16(2)31-13-7-12-25-15-20-18-8-5-6-9-19(18)23(27)26(24(20)28)17-10-11-21(29-3)22(14-17)30-4/h5-6,8-11,14-16,20H,7,12-13H2,1-4H3. The van der Waals surface area contributed by atoms with Crippen LogP contribution >= 0.6 is 0 Å². The minimum absolute atomic E-state index is 0.178. The van der Waals surface area contributed by atoms with Gasteiger partial charge in [0, 0.05) is 31.0 Å². The van der Waals surface area contributed by atoms with Gasteiger partial charge in [-0.2, -0.15) is 0 Å². The molecule has 7 nitrogen and oxygen atoms in total. The number of hydrogen-bond acceptors (Lipinski definition) is 6. The van der Waals surface area contributed by atoms with E-state index in [2.05, 4.69) is 4.99 Å². The Morgan fingerprint density at radius 1 is 1.06 bits per heavy atom. The van der Waals surface area contributed by atoms with Gasteiger partial charge in [-0.1, -0.05) is 18.2 Å². The van der Waals surface area contributed by atoms with Crippen LogP contribution in [0.4, 0.5) is 5.69 Å². The Bertz CT molecular complexity index is 970. The first-order valence-electron chi connectivity index (χ1n) is 10.3. The van der Waals surface area contributed by atoms with Crippen LogP contribution in [0.25, 0.3) is 0 Å². The molecule has 1 unspecified atom stereocenters. The van der Waals surface area contributed by atoms with Gasteiger partial charge in [0.2, 0.25) is 5.91 Å². The Morgan fingerprint density at radius 2 is 1.81 bits per heavy atom. The van der Waals surface area contributed by atoms with E-state index < -0.39 is 5.92 Å². The Hall–Kier alpha value is -3.19. The molecule has 1 aliphatic rings. The summed E-state index contributed by atoms with van der Waals surface area (Å²) in [5.41, 5.74) is 1.57. The van der Waals surface area contributed by atoms with Crippen LogP contribution in [0.15, 0.2) is 47.5 Å². The average molecular weight is 424 g/mol. The van der Waals surface area contributed by atoms with Crippen LogP contribution < -0.4 is 14.4 Å². The highest BCUT2D eigenvalue weighted by Gasteiger charge is 2.39. The molecule has 2 aromatic carbocycles. The molecule has 1 atom stereocenters. The van der Waals surface area contributed by atoms with Crippen molar-refractivity contribution in [3.8, 4) is 11.5 Å². The fourth-order valence-corrected chi connectivity index (χ4v) is 3.46. The van der Waals surface area contributed by atoms with Crippen molar-refractivity contribution in [2.45, 2.75) is 32.3 Å². The van der Waals surface area contributed by atoms with Gasteiger partial charge in [-0.3, -0.25) is 14.6 Å². The first-order valence-corrected chi connectivity index (χ1v) is 10.3. The van der Waals surface area contributed by atoms with E-state index in [4.69, 9.17) is 14.2 Å². The number of rotatable bonds is 9. The van der Waals surface area contributed by atoms with Crippen molar-refractivity contribution in [2.24, 2.45) is 4.99 Å². The molecule has 31 heavy (non-hydrogen) atoms. The first-order chi connectivity index (χ1) is 15.0. The monoisotopic (exact) mass is 424 g/mol. The number of carbonyl (C=O) groups is 2. The number of anilines is 1. The number of carbonyl (C=O) groups excluding carboxylic acids is 2. The summed E-state index contributed by atoms with van der Waals surface area (Å²) in [6.45, 7) is 5.13. The SMILES string of the molecule is COc1ccc(N2C(=O)c3ccccc3C(C=NCCCOC(C)C)C2=O)cc1OC. The van der Waals surface area contributed by atoms with E-state index in [9.17, 15) is 9.59 Å². The second-order valence-corrected chi connectivity index (χ2v) is 7.41. The van der Waals surface area contributed by atoms with E-state index in [1.165, 1.54) is 19.1 Å². The van der Waals surface area contributed by atoms with Crippen LogP contribution in [-0.4, -0.2) is 51.5 Å². The summed E-state index contributed by atoms with van der Waals surface area (Å²) in [6.07, 6.45) is 2.57. The average Bonchev–Trinajstić information content (AvgIpc) is 2.77. The molecule has 2 amide bonds. The molecule has 0 spiro atoms. The number of ether oxygens (including phenoxy) is 3. The molecule has 3 rings (SSSR count). The van der Waals surface area contributed by atoms with Crippen molar-refractivity contribution in [1.82, 2.24) is 0 Å². The van der Waals surface area contributed by atoms with Crippen LogP contribution in [0.1, 0.15) is 42.1 Å². The second-order valence-electron chi connectivity index (χ2n) is 7.41.